The fourth-order valence-electron chi connectivity index (χ4n) is 10.2. The molecule has 3 aliphatic heterocycles. The molecule has 17 heteroatoms. The first-order valence-electron chi connectivity index (χ1n) is 23.5. The van der Waals surface area contributed by atoms with E-state index in [0.717, 1.165) is 62.4 Å². The van der Waals surface area contributed by atoms with Crippen molar-refractivity contribution < 1.29 is 37.3 Å². The molecule has 8 rings (SSSR count). The van der Waals surface area contributed by atoms with Crippen LogP contribution in [0.5, 0.6) is 11.9 Å². The van der Waals surface area contributed by atoms with Crippen molar-refractivity contribution in [2.24, 2.45) is 5.41 Å². The third-order valence-electron chi connectivity index (χ3n) is 14.5. The Bertz CT molecular complexity index is 2430. The highest BCUT2D eigenvalue weighted by Gasteiger charge is 2.53. The lowest BCUT2D eigenvalue weighted by molar-refractivity contribution is -0.0462. The van der Waals surface area contributed by atoms with Gasteiger partial charge in [0, 0.05) is 48.1 Å². The van der Waals surface area contributed by atoms with E-state index in [9.17, 15) is 4.79 Å². The first kappa shape index (κ1) is 47.7. The Morgan fingerprint density at radius 2 is 1.82 bits per heavy atom. The molecule has 356 valence electrons. The maximum atomic E-state index is 18.0. The van der Waals surface area contributed by atoms with Gasteiger partial charge in [-0.15, -0.1) is 0 Å². The number of ether oxygens (including phenoxy) is 5. The second kappa shape index (κ2) is 17.7. The maximum absolute atomic E-state index is 18.0. The van der Waals surface area contributed by atoms with Crippen molar-refractivity contribution in [3.05, 3.63) is 28.7 Å². The van der Waals surface area contributed by atoms with Crippen LogP contribution in [-0.4, -0.2) is 114 Å². The lowest BCUT2D eigenvalue weighted by atomic mass is 9.74. The third-order valence-corrected chi connectivity index (χ3v) is 19.6. The smallest absolute Gasteiger partial charge is 0.410 e. The van der Waals surface area contributed by atoms with E-state index in [-0.39, 0.29) is 64.6 Å². The molecular formula is C48H69ClFN7O7Si. The maximum Gasteiger partial charge on any atom is 0.410 e. The predicted molar refractivity (Wildman–Crippen MR) is 253 cm³/mol. The highest BCUT2D eigenvalue weighted by Crippen LogP contribution is 2.51. The van der Waals surface area contributed by atoms with E-state index in [1.165, 1.54) is 7.11 Å². The summed E-state index contributed by atoms with van der Waals surface area (Å²) in [5.41, 5.74) is 0.0815. The van der Waals surface area contributed by atoms with Crippen LogP contribution in [-0.2, 0) is 18.6 Å². The number of halogens is 2. The van der Waals surface area contributed by atoms with Crippen LogP contribution in [0.2, 0.25) is 23.2 Å². The minimum Gasteiger partial charge on any atom is -0.480 e. The van der Waals surface area contributed by atoms with Crippen molar-refractivity contribution in [3.63, 3.8) is 0 Å². The normalized spacial score (nSPS) is 25.8. The number of aromatic nitrogens is 5. The molecule has 0 radical (unpaired) electrons. The van der Waals surface area contributed by atoms with E-state index in [0.29, 0.717) is 60.1 Å². The summed E-state index contributed by atoms with van der Waals surface area (Å²) in [6, 6.07) is 1.88. The number of fused-ring (bicyclic) bond motifs is 3. The van der Waals surface area contributed by atoms with Crippen LogP contribution in [0.15, 0.2) is 12.3 Å². The Kier molecular flexibility index (Phi) is 13.0. The van der Waals surface area contributed by atoms with Crippen LogP contribution in [0.3, 0.4) is 0 Å². The molecule has 3 saturated heterocycles. The first-order valence-corrected chi connectivity index (χ1v) is 26.7. The summed E-state index contributed by atoms with van der Waals surface area (Å²) < 4.78 is 58.2. The average Bonchev–Trinajstić information content (AvgIpc) is 3.80. The van der Waals surface area contributed by atoms with E-state index in [1.54, 1.807) is 6.20 Å². The molecule has 6 heterocycles. The Morgan fingerprint density at radius 3 is 2.51 bits per heavy atom. The summed E-state index contributed by atoms with van der Waals surface area (Å²) in [6.07, 6.45) is 8.22. The summed E-state index contributed by atoms with van der Waals surface area (Å²) in [5, 5.41) is 5.96. The van der Waals surface area contributed by atoms with Gasteiger partial charge in [-0.25, -0.2) is 18.9 Å². The summed E-state index contributed by atoms with van der Waals surface area (Å²) >= 11 is 7.16. The molecule has 5 atom stereocenters. The van der Waals surface area contributed by atoms with Crippen LogP contribution in [0.4, 0.5) is 15.0 Å². The number of piperidine rings is 1. The minimum atomic E-state index is -2.30. The summed E-state index contributed by atoms with van der Waals surface area (Å²) in [4.78, 5) is 32.7. The Balaban J connectivity index is 1.27. The van der Waals surface area contributed by atoms with E-state index >= 15 is 4.39 Å². The van der Waals surface area contributed by atoms with Gasteiger partial charge >= 0.3 is 12.1 Å². The molecule has 4 aliphatic rings. The lowest BCUT2D eigenvalue weighted by Crippen LogP contribution is -2.58. The van der Waals surface area contributed by atoms with Crippen molar-refractivity contribution in [2.45, 2.75) is 161 Å². The van der Waals surface area contributed by atoms with Crippen LogP contribution in [0.1, 0.15) is 119 Å². The van der Waals surface area contributed by atoms with Gasteiger partial charge in [-0.3, -0.25) is 0 Å². The van der Waals surface area contributed by atoms with Crippen molar-refractivity contribution in [1.82, 2.24) is 29.6 Å². The fourth-order valence-corrected chi connectivity index (χ4v) is 12.1. The molecule has 1 saturated carbocycles. The fraction of sp³-hybridized carbons (Fsp3) is 0.688. The van der Waals surface area contributed by atoms with Crippen LogP contribution in [0, 0.1) is 18.2 Å². The molecular weight excluding hydrogens is 869 g/mol. The molecule has 65 heavy (non-hydrogen) atoms. The van der Waals surface area contributed by atoms with Gasteiger partial charge in [0.05, 0.1) is 49.3 Å². The number of hydrogen-bond donors (Lipinski definition) is 0. The predicted octanol–water partition coefficient (Wildman–Crippen LogP) is 10.8. The Labute approximate surface area is 389 Å². The number of benzene rings is 1. The van der Waals surface area contributed by atoms with E-state index in [1.807, 2.05) is 43.3 Å². The summed E-state index contributed by atoms with van der Waals surface area (Å²) in [6.45, 7) is 25.3. The van der Waals surface area contributed by atoms with Gasteiger partial charge in [0.1, 0.15) is 28.0 Å². The zero-order valence-electron chi connectivity index (χ0n) is 40.5. The van der Waals surface area contributed by atoms with Gasteiger partial charge in [0.25, 0.3) is 0 Å². The largest absolute Gasteiger partial charge is 0.480 e. The second-order valence-electron chi connectivity index (χ2n) is 21.7. The number of amides is 1. The number of methoxy groups -OCH3 is 1. The SMILES string of the molecule is COc1nc(-c2c(Cl)c(C)cc3c2cnn3C2CCCCO2)c(F)c2nc(OC[C@]34CCC[C@H]3N(C(=O)OC(C)(C)C)C(C)CC4)nc(N3CCOC[C@@](C)(O[Si](C)(C)C(C)(C)C)C3)c12. The van der Waals surface area contributed by atoms with Gasteiger partial charge in [-0.05, 0) is 116 Å². The van der Waals surface area contributed by atoms with Crippen molar-refractivity contribution in [3.8, 4) is 23.1 Å². The molecule has 2 unspecified atom stereocenters. The zero-order chi connectivity index (χ0) is 46.9. The molecule has 4 fully saturated rings. The highest BCUT2D eigenvalue weighted by atomic mass is 35.5. The van der Waals surface area contributed by atoms with E-state index in [4.69, 9.17) is 59.8 Å². The van der Waals surface area contributed by atoms with E-state index in [2.05, 4.69) is 52.6 Å². The molecule has 14 nitrogen and oxygen atoms in total. The molecule has 0 spiro atoms. The standard InChI is InChI=1S/C48H69ClFN7O7Si/c1-29-24-32-31(25-51-57(32)34-17-13-14-22-61-34)35(37(29)49)39-38(50)40-36(42(52-39)59-10)41(55-21-23-60-27-47(9,26-55)64-65(11,12)46(6,7)8)54-43(53-40)62-28-48-19-15-16-33(48)56(30(2)18-20-48)44(58)63-45(3,4)5/h24-25,30,33-34H,13-23,26-28H2,1-12H3/t30?,33-,34?,47+,48-/m1/s1. The number of carbonyl (C=O) groups is 1. The number of likely N-dealkylation sites (tertiary alicyclic amines) is 1. The minimum absolute atomic E-state index is 0.00685. The number of anilines is 1. The number of hydrogen-bond acceptors (Lipinski definition) is 12. The summed E-state index contributed by atoms with van der Waals surface area (Å²) in [5.74, 6) is -0.172. The highest BCUT2D eigenvalue weighted by molar-refractivity contribution is 6.74. The van der Waals surface area contributed by atoms with Gasteiger partial charge in [0.15, 0.2) is 20.4 Å². The van der Waals surface area contributed by atoms with Crippen LogP contribution >= 0.6 is 11.6 Å². The topological polar surface area (TPSA) is 135 Å². The second-order valence-corrected chi connectivity index (χ2v) is 26.8. The molecule has 0 bridgehead atoms. The quantitative estimate of drug-likeness (QED) is 0.148. The number of aryl methyl sites for hydroxylation is 1. The Morgan fingerprint density at radius 1 is 1.05 bits per heavy atom. The molecule has 3 aromatic heterocycles. The van der Waals surface area contributed by atoms with Crippen molar-refractivity contribution in [2.75, 3.05) is 51.5 Å². The molecule has 1 amide bonds. The molecule has 1 aliphatic carbocycles. The third kappa shape index (κ3) is 9.15. The van der Waals surface area contributed by atoms with Gasteiger partial charge in [-0.1, -0.05) is 38.8 Å². The molecule has 0 N–H and O–H groups in total. The van der Waals surface area contributed by atoms with Crippen LogP contribution in [0.25, 0.3) is 33.1 Å². The van der Waals surface area contributed by atoms with Gasteiger partial charge < -0.3 is 37.9 Å². The number of rotatable bonds is 9. The van der Waals surface area contributed by atoms with Gasteiger partial charge in [-0.2, -0.15) is 15.1 Å². The monoisotopic (exact) mass is 937 g/mol. The summed E-state index contributed by atoms with van der Waals surface area (Å²) in [7, 11) is -0.785. The molecule has 1 aromatic carbocycles. The van der Waals surface area contributed by atoms with E-state index < -0.39 is 25.3 Å². The zero-order valence-corrected chi connectivity index (χ0v) is 42.3. The number of carbonyl (C=O) groups excluding carboxylic acids is 1. The number of nitrogens with zero attached hydrogens (tertiary/aromatic N) is 7. The molecule has 4 aromatic rings. The van der Waals surface area contributed by atoms with Crippen molar-refractivity contribution in [1.29, 1.82) is 0 Å². The lowest BCUT2D eigenvalue weighted by Gasteiger charge is -2.49. The first-order chi connectivity index (χ1) is 30.6. The Hall–Kier alpha value is -3.83. The van der Waals surface area contributed by atoms with Gasteiger partial charge in [0.2, 0.25) is 5.88 Å². The average molecular weight is 939 g/mol. The van der Waals surface area contributed by atoms with Crippen molar-refractivity contribution >= 4 is 53.6 Å². The van der Waals surface area contributed by atoms with Crippen LogP contribution < -0.4 is 14.4 Å². The number of pyridine rings is 1.